The Morgan fingerprint density at radius 2 is 2.07 bits per heavy atom. The quantitative estimate of drug-likeness (QED) is 0.468. The largest absolute Gasteiger partial charge is 0.353 e. The van der Waals surface area contributed by atoms with Crippen molar-refractivity contribution in [2.75, 3.05) is 5.75 Å². The number of hydrogen-bond donors (Lipinski definition) is 2. The molecule has 2 aromatic heterocycles. The van der Waals surface area contributed by atoms with Gasteiger partial charge in [-0.05, 0) is 44.0 Å². The Morgan fingerprint density at radius 3 is 2.75 bits per heavy atom. The molecule has 0 saturated heterocycles. The van der Waals surface area contributed by atoms with Crippen molar-refractivity contribution in [1.82, 2.24) is 19.9 Å². The number of hydrogen-bond acceptors (Lipinski definition) is 4. The molecule has 8 heteroatoms. The van der Waals surface area contributed by atoms with E-state index in [0.717, 1.165) is 17.7 Å². The molecule has 148 valence electrons. The van der Waals surface area contributed by atoms with E-state index in [1.54, 1.807) is 16.7 Å². The molecule has 28 heavy (non-hydrogen) atoms. The molecule has 0 aliphatic carbocycles. The molecule has 6 nitrogen and oxygen atoms in total. The van der Waals surface area contributed by atoms with Gasteiger partial charge in [0, 0.05) is 18.3 Å². The zero-order valence-corrected chi connectivity index (χ0v) is 16.9. The van der Waals surface area contributed by atoms with E-state index in [4.69, 9.17) is 0 Å². The predicted octanol–water partition coefficient (Wildman–Crippen LogP) is 3.55. The monoisotopic (exact) mass is 402 g/mol. The van der Waals surface area contributed by atoms with Crippen molar-refractivity contribution in [1.29, 1.82) is 0 Å². The summed E-state index contributed by atoms with van der Waals surface area (Å²) in [7, 11) is 0. The molecule has 0 aliphatic heterocycles. The fourth-order valence-electron chi connectivity index (χ4n) is 2.85. The Hall–Kier alpha value is -2.61. The van der Waals surface area contributed by atoms with Crippen LogP contribution in [0.3, 0.4) is 0 Å². The molecule has 0 fully saturated rings. The average molecular weight is 402 g/mol. The summed E-state index contributed by atoms with van der Waals surface area (Å²) >= 11 is 1.24. The van der Waals surface area contributed by atoms with Crippen molar-refractivity contribution in [3.8, 4) is 0 Å². The van der Waals surface area contributed by atoms with Crippen molar-refractivity contribution in [3.05, 3.63) is 57.8 Å². The molecule has 1 aromatic carbocycles. The van der Waals surface area contributed by atoms with Crippen molar-refractivity contribution in [2.45, 2.75) is 44.9 Å². The summed E-state index contributed by atoms with van der Waals surface area (Å²) in [4.78, 5) is 32.8. The Labute approximate surface area is 166 Å². The number of thioether (sulfide) groups is 1. The van der Waals surface area contributed by atoms with Crippen LogP contribution in [-0.2, 0) is 11.3 Å². The molecule has 0 unspecified atom stereocenters. The number of H-pyrrole nitrogens is 1. The molecular weight excluding hydrogens is 379 g/mol. The van der Waals surface area contributed by atoms with E-state index < -0.39 is 0 Å². The Balaban J connectivity index is 1.74. The zero-order chi connectivity index (χ0) is 20.3. The summed E-state index contributed by atoms with van der Waals surface area (Å²) in [5.74, 6) is -0.348. The maximum absolute atomic E-state index is 12.9. The number of aromatic nitrogens is 3. The number of fused-ring (bicyclic) bond motifs is 1. The van der Waals surface area contributed by atoms with Crippen LogP contribution in [0.1, 0.15) is 37.6 Å². The van der Waals surface area contributed by atoms with Gasteiger partial charge in [-0.25, -0.2) is 9.37 Å². The van der Waals surface area contributed by atoms with E-state index in [2.05, 4.69) is 15.3 Å². The van der Waals surface area contributed by atoms with Crippen LogP contribution in [0.15, 0.2) is 40.3 Å². The first-order valence-electron chi connectivity index (χ1n) is 9.14. The minimum atomic E-state index is -0.310. The van der Waals surface area contributed by atoms with Gasteiger partial charge < -0.3 is 10.3 Å². The van der Waals surface area contributed by atoms with Crippen LogP contribution in [0.5, 0.6) is 0 Å². The van der Waals surface area contributed by atoms with Gasteiger partial charge in [-0.3, -0.25) is 14.2 Å². The fourth-order valence-corrected chi connectivity index (χ4v) is 3.77. The summed E-state index contributed by atoms with van der Waals surface area (Å²) in [6.07, 6.45) is 0.775. The Bertz CT molecular complexity index is 1040. The molecule has 0 aliphatic rings. The number of nitrogens with zero attached hydrogens (tertiary/aromatic N) is 2. The van der Waals surface area contributed by atoms with E-state index in [0.29, 0.717) is 22.7 Å². The Kier molecular flexibility index (Phi) is 6.18. The third-order valence-electron chi connectivity index (χ3n) is 4.55. The number of carbonyl (C=O) groups is 1. The highest BCUT2D eigenvalue weighted by atomic mass is 32.2. The molecule has 3 aromatic rings. The van der Waals surface area contributed by atoms with Crippen LogP contribution in [-0.4, -0.2) is 26.2 Å². The lowest BCUT2D eigenvalue weighted by Gasteiger charge is -2.17. The molecule has 2 N–H and O–H groups in total. The molecule has 2 heterocycles. The average Bonchev–Trinajstić information content (AvgIpc) is 3.06. The summed E-state index contributed by atoms with van der Waals surface area (Å²) in [6.45, 7) is 6.17. The second-order valence-corrected chi connectivity index (χ2v) is 7.67. The van der Waals surface area contributed by atoms with Crippen LogP contribution < -0.4 is 10.9 Å². The standard InChI is InChI=1S/C20H23FN4O2S/c1-4-13(3)25-19(27)18-16(9-12(2)23-18)24-20(25)28-11-17(26)22-10-14-5-7-15(21)8-6-14/h5-9,13,23H,4,10-11H2,1-3H3,(H,22,26)/t13-/m0/s1. The third-order valence-corrected chi connectivity index (χ3v) is 5.51. The summed E-state index contributed by atoms with van der Waals surface area (Å²) in [6, 6.07) is 7.78. The summed E-state index contributed by atoms with van der Waals surface area (Å²) in [5.41, 5.74) is 2.66. The van der Waals surface area contributed by atoms with Crippen LogP contribution in [0.25, 0.3) is 11.0 Å². The van der Waals surface area contributed by atoms with Gasteiger partial charge in [0.2, 0.25) is 5.91 Å². The number of nitrogens with one attached hydrogen (secondary N) is 2. The maximum atomic E-state index is 12.9. The van der Waals surface area contributed by atoms with Crippen LogP contribution in [0, 0.1) is 12.7 Å². The van der Waals surface area contributed by atoms with E-state index in [9.17, 15) is 14.0 Å². The highest BCUT2D eigenvalue weighted by molar-refractivity contribution is 7.99. The number of benzene rings is 1. The first-order chi connectivity index (χ1) is 13.4. The van der Waals surface area contributed by atoms with Crippen molar-refractivity contribution >= 4 is 28.7 Å². The number of aryl methyl sites for hydroxylation is 1. The Morgan fingerprint density at radius 1 is 1.36 bits per heavy atom. The highest BCUT2D eigenvalue weighted by Gasteiger charge is 2.18. The predicted molar refractivity (Wildman–Crippen MR) is 109 cm³/mol. The molecule has 0 saturated carbocycles. The smallest absolute Gasteiger partial charge is 0.278 e. The third kappa shape index (κ3) is 4.44. The number of aromatic amines is 1. The summed E-state index contributed by atoms with van der Waals surface area (Å²) in [5, 5.41) is 3.33. The van der Waals surface area contributed by atoms with E-state index in [1.807, 2.05) is 26.8 Å². The molecule has 1 atom stereocenters. The molecule has 3 rings (SSSR count). The molecule has 0 spiro atoms. The van der Waals surface area contributed by atoms with Crippen LogP contribution >= 0.6 is 11.8 Å². The molecular formula is C20H23FN4O2S. The van der Waals surface area contributed by atoms with Crippen LogP contribution in [0.4, 0.5) is 4.39 Å². The van der Waals surface area contributed by atoms with Gasteiger partial charge in [0.1, 0.15) is 11.3 Å². The maximum Gasteiger partial charge on any atom is 0.278 e. The topological polar surface area (TPSA) is 79.8 Å². The van der Waals surface area contributed by atoms with Crippen molar-refractivity contribution in [2.24, 2.45) is 0 Å². The lowest BCUT2D eigenvalue weighted by Crippen LogP contribution is -2.28. The zero-order valence-electron chi connectivity index (χ0n) is 16.1. The van der Waals surface area contributed by atoms with E-state index in [-0.39, 0.29) is 29.1 Å². The van der Waals surface area contributed by atoms with Gasteiger partial charge in [-0.15, -0.1) is 0 Å². The van der Waals surface area contributed by atoms with Crippen LogP contribution in [0.2, 0.25) is 0 Å². The van der Waals surface area contributed by atoms with Gasteiger partial charge in [-0.1, -0.05) is 30.8 Å². The number of rotatable bonds is 7. The highest BCUT2D eigenvalue weighted by Crippen LogP contribution is 2.22. The number of carbonyl (C=O) groups excluding carboxylic acids is 1. The van der Waals surface area contributed by atoms with Gasteiger partial charge in [0.15, 0.2) is 5.16 Å². The fraction of sp³-hybridized carbons (Fsp3) is 0.350. The molecule has 0 radical (unpaired) electrons. The van der Waals surface area contributed by atoms with Gasteiger partial charge in [-0.2, -0.15) is 0 Å². The summed E-state index contributed by atoms with van der Waals surface area (Å²) < 4.78 is 14.6. The minimum absolute atomic E-state index is 0.0298. The molecule has 1 amide bonds. The number of halogens is 1. The lowest BCUT2D eigenvalue weighted by atomic mass is 10.2. The van der Waals surface area contributed by atoms with Crippen molar-refractivity contribution in [3.63, 3.8) is 0 Å². The van der Waals surface area contributed by atoms with E-state index in [1.165, 1.54) is 23.9 Å². The van der Waals surface area contributed by atoms with E-state index >= 15 is 0 Å². The second-order valence-electron chi connectivity index (χ2n) is 6.73. The van der Waals surface area contributed by atoms with Gasteiger partial charge in [0.05, 0.1) is 11.3 Å². The van der Waals surface area contributed by atoms with Gasteiger partial charge >= 0.3 is 0 Å². The minimum Gasteiger partial charge on any atom is -0.353 e. The lowest BCUT2D eigenvalue weighted by molar-refractivity contribution is -0.118. The molecule has 0 bridgehead atoms. The first-order valence-corrected chi connectivity index (χ1v) is 10.1. The normalized spacial score (nSPS) is 12.3. The van der Waals surface area contributed by atoms with Gasteiger partial charge in [0.25, 0.3) is 5.56 Å². The second kappa shape index (κ2) is 8.60. The first kappa shape index (κ1) is 20.1. The number of amides is 1. The SMILES string of the molecule is CC[C@H](C)n1c(SCC(=O)NCc2ccc(F)cc2)nc2cc(C)[nH]c2c1=O. The van der Waals surface area contributed by atoms with Crippen molar-refractivity contribution < 1.29 is 9.18 Å².